The van der Waals surface area contributed by atoms with E-state index in [1.165, 1.54) is 30.7 Å². The van der Waals surface area contributed by atoms with Crippen LogP contribution in [0.4, 0.5) is 0 Å². The molecule has 2 bridgehead atoms. The minimum Gasteiger partial charge on any atom is -0.351 e. The molecule has 4 N–H and O–H groups in total. The number of quaternary nitrogens is 2. The minimum atomic E-state index is 0.188. The number of H-pyrrole nitrogens is 1. The minimum absolute atomic E-state index is 0.188. The number of fused-ring (bicyclic) bond motifs is 3. The van der Waals surface area contributed by atoms with E-state index in [0.717, 1.165) is 49.2 Å². The zero-order chi connectivity index (χ0) is 16.2. The molecule has 3 saturated heterocycles. The van der Waals surface area contributed by atoms with Gasteiger partial charge in [-0.1, -0.05) is 0 Å². The average molecular weight is 322 g/mol. The van der Waals surface area contributed by atoms with Crippen molar-refractivity contribution in [3.8, 4) is 0 Å². The van der Waals surface area contributed by atoms with E-state index >= 15 is 0 Å². The highest BCUT2D eigenvalue weighted by Gasteiger charge is 2.49. The van der Waals surface area contributed by atoms with Crippen LogP contribution in [0.15, 0.2) is 12.5 Å². The molecular formula is C16H30N6O+2. The van der Waals surface area contributed by atoms with Gasteiger partial charge in [-0.15, -0.1) is 0 Å². The first kappa shape index (κ1) is 16.4. The van der Waals surface area contributed by atoms with Crippen molar-refractivity contribution >= 4 is 5.91 Å². The van der Waals surface area contributed by atoms with Crippen molar-refractivity contribution < 1.29 is 13.8 Å². The predicted octanol–water partition coefficient (Wildman–Crippen LogP) is -0.922. The van der Waals surface area contributed by atoms with Gasteiger partial charge >= 0.3 is 0 Å². The Balaban J connectivity index is 1.43. The van der Waals surface area contributed by atoms with E-state index in [0.29, 0.717) is 13.1 Å². The maximum Gasteiger partial charge on any atom is 0.275 e. The third-order valence-corrected chi connectivity index (χ3v) is 5.73. The normalized spacial score (nSPS) is 29.6. The molecule has 128 valence electrons. The van der Waals surface area contributed by atoms with Crippen LogP contribution in [0.1, 0.15) is 12.1 Å². The third-order valence-electron chi connectivity index (χ3n) is 5.73. The van der Waals surface area contributed by atoms with Gasteiger partial charge in [0.1, 0.15) is 39.3 Å². The molecule has 0 unspecified atom stereocenters. The van der Waals surface area contributed by atoms with Crippen molar-refractivity contribution in [1.29, 1.82) is 0 Å². The molecule has 0 aliphatic carbocycles. The number of nitrogens with one attached hydrogen (secondary N) is 2. The van der Waals surface area contributed by atoms with E-state index in [9.17, 15) is 4.79 Å². The van der Waals surface area contributed by atoms with Crippen molar-refractivity contribution in [2.45, 2.75) is 12.8 Å². The molecule has 0 radical (unpaired) electrons. The summed E-state index contributed by atoms with van der Waals surface area (Å²) in [6.45, 7) is 10.4. The van der Waals surface area contributed by atoms with Gasteiger partial charge in [0.15, 0.2) is 6.54 Å². The standard InChI is InChI=1S/C16H29N6O/c17-3-1-5-21-6-9-22(10-7-21,11-8-21)13-16(23)19-4-2-15-12-18-14-20-15/h12,14H,1-11,13,17H2,(H-,18,19,20,23)/q+1/p+1. The Labute approximate surface area is 138 Å². The molecule has 4 heterocycles. The highest BCUT2D eigenvalue weighted by atomic mass is 16.2. The summed E-state index contributed by atoms with van der Waals surface area (Å²) in [4.78, 5) is 19.3. The fraction of sp³-hybridized carbons (Fsp3) is 0.750. The first-order valence-corrected chi connectivity index (χ1v) is 8.80. The zero-order valence-corrected chi connectivity index (χ0v) is 14.0. The van der Waals surface area contributed by atoms with Gasteiger partial charge in [-0.25, -0.2) is 4.98 Å². The number of amides is 1. The number of rotatable bonds is 8. The number of nitrogens with zero attached hydrogens (tertiary/aromatic N) is 3. The van der Waals surface area contributed by atoms with Gasteiger partial charge in [0.05, 0.1) is 12.9 Å². The first-order valence-electron chi connectivity index (χ1n) is 8.80. The van der Waals surface area contributed by atoms with Gasteiger partial charge in [0, 0.05) is 31.3 Å². The van der Waals surface area contributed by atoms with Crippen LogP contribution in [-0.4, -0.2) is 90.3 Å². The second-order valence-electron chi connectivity index (χ2n) is 7.23. The van der Waals surface area contributed by atoms with Crippen molar-refractivity contribution in [1.82, 2.24) is 15.3 Å². The number of carbonyl (C=O) groups excluding carboxylic acids is 1. The van der Waals surface area contributed by atoms with Gasteiger partial charge < -0.3 is 25.0 Å². The largest absolute Gasteiger partial charge is 0.351 e. The Kier molecular flexibility index (Phi) is 4.99. The Morgan fingerprint density at radius 2 is 1.91 bits per heavy atom. The molecule has 1 aromatic rings. The van der Waals surface area contributed by atoms with Crippen LogP contribution in [-0.2, 0) is 11.2 Å². The molecule has 0 spiro atoms. The highest BCUT2D eigenvalue weighted by Crippen LogP contribution is 2.26. The van der Waals surface area contributed by atoms with E-state index in [2.05, 4.69) is 15.3 Å². The van der Waals surface area contributed by atoms with Crippen LogP contribution in [0.5, 0.6) is 0 Å². The lowest BCUT2D eigenvalue weighted by Crippen LogP contribution is -2.76. The number of hydrogen-bond donors (Lipinski definition) is 3. The van der Waals surface area contributed by atoms with Gasteiger partial charge in [-0.2, -0.15) is 0 Å². The van der Waals surface area contributed by atoms with E-state index < -0.39 is 0 Å². The quantitative estimate of drug-likeness (QED) is 0.541. The molecular weight excluding hydrogens is 292 g/mol. The van der Waals surface area contributed by atoms with E-state index in [1.54, 1.807) is 6.33 Å². The molecule has 23 heavy (non-hydrogen) atoms. The smallest absolute Gasteiger partial charge is 0.275 e. The molecule has 3 aliphatic rings. The van der Waals surface area contributed by atoms with E-state index in [1.807, 2.05) is 6.20 Å². The molecule has 0 aromatic carbocycles. The van der Waals surface area contributed by atoms with Crippen molar-refractivity contribution in [3.63, 3.8) is 0 Å². The van der Waals surface area contributed by atoms with Gasteiger partial charge in [0.2, 0.25) is 0 Å². The molecule has 7 nitrogen and oxygen atoms in total. The molecule has 3 aliphatic heterocycles. The predicted molar refractivity (Wildman–Crippen MR) is 88.4 cm³/mol. The number of piperazine rings is 3. The summed E-state index contributed by atoms with van der Waals surface area (Å²) in [6, 6.07) is 0. The summed E-state index contributed by atoms with van der Waals surface area (Å²) in [7, 11) is 0. The Morgan fingerprint density at radius 1 is 1.22 bits per heavy atom. The number of aromatic amines is 1. The molecule has 3 fully saturated rings. The molecule has 1 aromatic heterocycles. The third kappa shape index (κ3) is 3.91. The summed E-state index contributed by atoms with van der Waals surface area (Å²) >= 11 is 0. The SMILES string of the molecule is NCCC[N+]12CC[N+](CC(=O)NCCc3cnc[nH]3)(CC1)CC2. The van der Waals surface area contributed by atoms with Crippen LogP contribution in [0.3, 0.4) is 0 Å². The number of nitrogens with two attached hydrogens (primary N) is 1. The number of hydrogen-bond acceptors (Lipinski definition) is 3. The summed E-state index contributed by atoms with van der Waals surface area (Å²) < 4.78 is 2.22. The van der Waals surface area contributed by atoms with E-state index in [-0.39, 0.29) is 5.91 Å². The second kappa shape index (κ2) is 6.98. The maximum atomic E-state index is 12.3. The number of aromatic nitrogens is 2. The van der Waals surface area contributed by atoms with Crippen molar-refractivity contribution in [3.05, 3.63) is 18.2 Å². The fourth-order valence-corrected chi connectivity index (χ4v) is 4.06. The van der Waals surface area contributed by atoms with Crippen LogP contribution >= 0.6 is 0 Å². The molecule has 7 heteroatoms. The Hall–Kier alpha value is -1.44. The van der Waals surface area contributed by atoms with Gasteiger partial charge in [-0.05, 0) is 6.54 Å². The summed E-state index contributed by atoms with van der Waals surface area (Å²) in [5.74, 6) is 0.188. The topological polar surface area (TPSA) is 83.8 Å². The zero-order valence-electron chi connectivity index (χ0n) is 14.0. The summed E-state index contributed by atoms with van der Waals surface area (Å²) in [5, 5.41) is 3.06. The number of imidazole rings is 1. The lowest BCUT2D eigenvalue weighted by molar-refractivity contribution is -1.08. The van der Waals surface area contributed by atoms with Crippen LogP contribution in [0.2, 0.25) is 0 Å². The summed E-state index contributed by atoms with van der Waals surface area (Å²) in [6.07, 6.45) is 5.41. The van der Waals surface area contributed by atoms with Gasteiger partial charge in [0.25, 0.3) is 5.91 Å². The fourth-order valence-electron chi connectivity index (χ4n) is 4.06. The molecule has 0 atom stereocenters. The second-order valence-corrected chi connectivity index (χ2v) is 7.23. The van der Waals surface area contributed by atoms with Crippen molar-refractivity contribution in [2.75, 3.05) is 65.4 Å². The first-order chi connectivity index (χ1) is 11.2. The molecule has 4 rings (SSSR count). The molecule has 0 saturated carbocycles. The van der Waals surface area contributed by atoms with Crippen LogP contribution in [0, 0.1) is 0 Å². The Bertz CT molecular complexity index is 490. The highest BCUT2D eigenvalue weighted by molar-refractivity contribution is 5.77. The number of carbonyl (C=O) groups is 1. The lowest BCUT2D eigenvalue weighted by atomic mass is 10.1. The van der Waals surface area contributed by atoms with Gasteiger partial charge in [-0.3, -0.25) is 4.79 Å². The van der Waals surface area contributed by atoms with Crippen LogP contribution in [0.25, 0.3) is 0 Å². The van der Waals surface area contributed by atoms with E-state index in [4.69, 9.17) is 5.73 Å². The van der Waals surface area contributed by atoms with Crippen molar-refractivity contribution in [2.24, 2.45) is 5.73 Å². The maximum absolute atomic E-state index is 12.3. The monoisotopic (exact) mass is 322 g/mol. The summed E-state index contributed by atoms with van der Waals surface area (Å²) in [5.41, 5.74) is 6.74. The molecule has 1 amide bonds. The van der Waals surface area contributed by atoms with Crippen LogP contribution < -0.4 is 11.1 Å². The Morgan fingerprint density at radius 3 is 2.52 bits per heavy atom. The average Bonchev–Trinajstić information content (AvgIpc) is 3.08. The lowest BCUT2D eigenvalue weighted by Gasteiger charge is -2.55.